The van der Waals surface area contributed by atoms with E-state index in [1.807, 2.05) is 0 Å². The summed E-state index contributed by atoms with van der Waals surface area (Å²) in [4.78, 5) is 38.0. The maximum Gasteiger partial charge on any atom is 0.306 e. The van der Waals surface area contributed by atoms with E-state index in [0.717, 1.165) is 70.6 Å². The fraction of sp³-hybridized carbons (Fsp3) is 0.924. The van der Waals surface area contributed by atoms with Crippen LogP contribution in [-0.2, 0) is 28.6 Å². The Kier molecular flexibility index (Phi) is 60.1. The highest BCUT2D eigenvalue weighted by Crippen LogP contribution is 2.19. The Labute approximate surface area is 450 Å². The predicted molar refractivity (Wildman–Crippen MR) is 312 cm³/mol. The van der Waals surface area contributed by atoms with Crippen LogP contribution in [-0.4, -0.2) is 37.2 Å². The zero-order valence-corrected chi connectivity index (χ0v) is 49.0. The fourth-order valence-corrected chi connectivity index (χ4v) is 10.1. The number of carbonyl (C=O) groups is 3. The summed E-state index contributed by atoms with van der Waals surface area (Å²) in [5.41, 5.74) is 0. The van der Waals surface area contributed by atoms with E-state index in [-0.39, 0.29) is 31.1 Å². The average Bonchev–Trinajstić information content (AvgIpc) is 3.38. The third kappa shape index (κ3) is 59.0. The number of esters is 3. The molecule has 0 radical (unpaired) electrons. The second kappa shape index (κ2) is 61.7. The van der Waals surface area contributed by atoms with Crippen molar-refractivity contribution in [3.05, 3.63) is 12.2 Å². The Bertz CT molecular complexity index is 1120. The Morgan fingerprint density at radius 2 is 0.486 bits per heavy atom. The smallest absolute Gasteiger partial charge is 0.306 e. The third-order valence-electron chi connectivity index (χ3n) is 15.0. The summed E-state index contributed by atoms with van der Waals surface area (Å²) in [7, 11) is 0. The predicted octanol–water partition coefficient (Wildman–Crippen LogP) is 22.1. The standard InChI is InChI=1S/C66H126O6/c1-4-7-10-13-16-19-22-23-24-25-26-27-28-29-30-31-32-33-34-35-36-37-38-39-40-41-42-43-44-45-48-50-53-56-59-65(68)71-62-63(72-66(69)60-57-54-51-47-21-18-15-12-9-6-3)61-70-64(67)58-55-52-49-46-20-17-14-11-8-5-2/h12,15,63H,4-11,13-14,16-62H2,1-3H3/b15-12-. The topological polar surface area (TPSA) is 78.9 Å². The minimum atomic E-state index is -0.768. The van der Waals surface area contributed by atoms with Gasteiger partial charge in [-0.3, -0.25) is 14.4 Å². The molecular weight excluding hydrogens is 889 g/mol. The SMILES string of the molecule is CCC/C=C\CCCCCCCC(=O)OC(COC(=O)CCCCCCCCCCCC)COC(=O)CCCCCCCCCCCCCCCCCCCCCCCCCCCCCCCCCCCC. The highest BCUT2D eigenvalue weighted by atomic mass is 16.6. The van der Waals surface area contributed by atoms with Gasteiger partial charge in [0.2, 0.25) is 0 Å². The van der Waals surface area contributed by atoms with E-state index in [0.29, 0.717) is 19.3 Å². The molecule has 0 amide bonds. The van der Waals surface area contributed by atoms with E-state index in [1.165, 1.54) is 263 Å². The van der Waals surface area contributed by atoms with Gasteiger partial charge in [0.15, 0.2) is 6.10 Å². The van der Waals surface area contributed by atoms with Gasteiger partial charge >= 0.3 is 17.9 Å². The van der Waals surface area contributed by atoms with Crippen LogP contribution < -0.4 is 0 Å². The molecule has 0 aliphatic carbocycles. The number of allylic oxidation sites excluding steroid dienone is 2. The molecule has 0 aromatic heterocycles. The highest BCUT2D eigenvalue weighted by Gasteiger charge is 2.19. The molecule has 0 bridgehead atoms. The van der Waals surface area contributed by atoms with Gasteiger partial charge in [0.25, 0.3) is 0 Å². The molecule has 0 saturated carbocycles. The first-order chi connectivity index (χ1) is 35.5. The van der Waals surface area contributed by atoms with Gasteiger partial charge in [-0.15, -0.1) is 0 Å². The first-order valence-corrected chi connectivity index (χ1v) is 32.7. The number of hydrogen-bond donors (Lipinski definition) is 0. The van der Waals surface area contributed by atoms with E-state index in [4.69, 9.17) is 14.2 Å². The normalized spacial score (nSPS) is 12.0. The first kappa shape index (κ1) is 70.1. The van der Waals surface area contributed by atoms with Crippen molar-refractivity contribution in [1.82, 2.24) is 0 Å². The van der Waals surface area contributed by atoms with Crippen LogP contribution in [0.5, 0.6) is 0 Å². The lowest BCUT2D eigenvalue weighted by molar-refractivity contribution is -0.167. The Balaban J connectivity index is 3.88. The van der Waals surface area contributed by atoms with Gasteiger partial charge in [0, 0.05) is 19.3 Å². The molecule has 426 valence electrons. The quantitative estimate of drug-likeness (QED) is 0.0261. The van der Waals surface area contributed by atoms with Crippen LogP contribution in [0.2, 0.25) is 0 Å². The zero-order valence-electron chi connectivity index (χ0n) is 49.0. The minimum absolute atomic E-state index is 0.0681. The number of hydrogen-bond acceptors (Lipinski definition) is 6. The van der Waals surface area contributed by atoms with E-state index in [2.05, 4.69) is 32.9 Å². The summed E-state index contributed by atoms with van der Waals surface area (Å²) in [6.45, 7) is 6.61. The molecule has 72 heavy (non-hydrogen) atoms. The largest absolute Gasteiger partial charge is 0.462 e. The van der Waals surface area contributed by atoms with Gasteiger partial charge in [-0.25, -0.2) is 0 Å². The first-order valence-electron chi connectivity index (χ1n) is 32.7. The van der Waals surface area contributed by atoms with Crippen LogP contribution >= 0.6 is 0 Å². The Morgan fingerprint density at radius 1 is 0.264 bits per heavy atom. The van der Waals surface area contributed by atoms with Gasteiger partial charge in [-0.1, -0.05) is 328 Å². The highest BCUT2D eigenvalue weighted by molar-refractivity contribution is 5.71. The Hall–Kier alpha value is -1.85. The summed E-state index contributed by atoms with van der Waals surface area (Å²) < 4.78 is 16.8. The molecule has 0 saturated heterocycles. The molecular formula is C66H126O6. The summed E-state index contributed by atoms with van der Waals surface area (Å²) in [6, 6.07) is 0. The summed E-state index contributed by atoms with van der Waals surface area (Å²) in [5, 5.41) is 0. The van der Waals surface area contributed by atoms with Crippen molar-refractivity contribution in [3.63, 3.8) is 0 Å². The lowest BCUT2D eigenvalue weighted by atomic mass is 10.0. The summed E-state index contributed by atoms with van der Waals surface area (Å²) in [5.74, 6) is -0.859. The molecule has 0 aromatic carbocycles. The molecule has 0 rings (SSSR count). The van der Waals surface area contributed by atoms with Crippen LogP contribution in [0.15, 0.2) is 12.2 Å². The van der Waals surface area contributed by atoms with E-state index < -0.39 is 6.10 Å². The lowest BCUT2D eigenvalue weighted by Gasteiger charge is -2.18. The molecule has 0 fully saturated rings. The van der Waals surface area contributed by atoms with Crippen LogP contribution in [0, 0.1) is 0 Å². The van der Waals surface area contributed by atoms with Crippen molar-refractivity contribution in [2.75, 3.05) is 13.2 Å². The van der Waals surface area contributed by atoms with E-state index >= 15 is 0 Å². The van der Waals surface area contributed by atoms with Gasteiger partial charge in [0.1, 0.15) is 13.2 Å². The second-order valence-corrected chi connectivity index (χ2v) is 22.4. The number of ether oxygens (including phenoxy) is 3. The van der Waals surface area contributed by atoms with Crippen LogP contribution in [0.25, 0.3) is 0 Å². The van der Waals surface area contributed by atoms with Crippen molar-refractivity contribution in [2.45, 2.75) is 380 Å². The number of carbonyl (C=O) groups excluding carboxylic acids is 3. The minimum Gasteiger partial charge on any atom is -0.462 e. The van der Waals surface area contributed by atoms with Gasteiger partial charge in [0.05, 0.1) is 0 Å². The maximum atomic E-state index is 12.8. The molecule has 0 aliphatic heterocycles. The zero-order chi connectivity index (χ0) is 52.2. The van der Waals surface area contributed by atoms with Crippen LogP contribution in [0.3, 0.4) is 0 Å². The van der Waals surface area contributed by atoms with Crippen LogP contribution in [0.4, 0.5) is 0 Å². The van der Waals surface area contributed by atoms with E-state index in [1.54, 1.807) is 0 Å². The van der Waals surface area contributed by atoms with Crippen molar-refractivity contribution in [2.24, 2.45) is 0 Å². The summed E-state index contributed by atoms with van der Waals surface area (Å²) >= 11 is 0. The third-order valence-corrected chi connectivity index (χ3v) is 15.0. The lowest BCUT2D eigenvalue weighted by Crippen LogP contribution is -2.30. The molecule has 0 aliphatic rings. The molecule has 0 heterocycles. The fourth-order valence-electron chi connectivity index (χ4n) is 10.1. The molecule has 0 aromatic rings. The van der Waals surface area contributed by atoms with Crippen molar-refractivity contribution < 1.29 is 28.6 Å². The van der Waals surface area contributed by atoms with Crippen molar-refractivity contribution >= 4 is 17.9 Å². The molecule has 6 nitrogen and oxygen atoms in total. The molecule has 6 heteroatoms. The number of rotatable bonds is 61. The Morgan fingerprint density at radius 3 is 0.750 bits per heavy atom. The molecule has 0 spiro atoms. The van der Waals surface area contributed by atoms with Gasteiger partial charge < -0.3 is 14.2 Å². The second-order valence-electron chi connectivity index (χ2n) is 22.4. The summed E-state index contributed by atoms with van der Waals surface area (Å²) in [6.07, 6.45) is 72.8. The maximum absolute atomic E-state index is 12.8. The van der Waals surface area contributed by atoms with Gasteiger partial charge in [-0.2, -0.15) is 0 Å². The molecule has 1 unspecified atom stereocenters. The molecule has 1 atom stereocenters. The number of unbranched alkanes of at least 4 members (excludes halogenated alkanes) is 48. The van der Waals surface area contributed by atoms with Gasteiger partial charge in [-0.05, 0) is 38.5 Å². The van der Waals surface area contributed by atoms with Crippen molar-refractivity contribution in [3.8, 4) is 0 Å². The van der Waals surface area contributed by atoms with Crippen molar-refractivity contribution in [1.29, 1.82) is 0 Å². The molecule has 0 N–H and O–H groups in total. The van der Waals surface area contributed by atoms with Crippen LogP contribution in [0.1, 0.15) is 374 Å². The monoisotopic (exact) mass is 1010 g/mol. The average molecular weight is 1020 g/mol. The van der Waals surface area contributed by atoms with E-state index in [9.17, 15) is 14.4 Å².